The van der Waals surface area contributed by atoms with Crippen LogP contribution in [0.1, 0.15) is 32.8 Å². The van der Waals surface area contributed by atoms with Gasteiger partial charge in [0.1, 0.15) is 23.0 Å². The summed E-state index contributed by atoms with van der Waals surface area (Å²) in [5.41, 5.74) is 3.13. The Labute approximate surface area is 190 Å². The Kier molecular flexibility index (Phi) is 8.16. The lowest BCUT2D eigenvalue weighted by Gasteiger charge is -2.25. The smallest absolute Gasteiger partial charge is 0.407 e. The van der Waals surface area contributed by atoms with Crippen LogP contribution >= 0.6 is 0 Å². The Hall–Kier alpha value is -3.89. The van der Waals surface area contributed by atoms with Crippen LogP contribution in [0, 0.1) is 0 Å². The lowest BCUT2D eigenvalue weighted by molar-refractivity contribution is -0.139. The van der Waals surface area contributed by atoms with Crippen LogP contribution in [0.15, 0.2) is 39.9 Å². The average Bonchev–Trinajstić information content (AvgIpc) is 2.70. The van der Waals surface area contributed by atoms with Gasteiger partial charge in [-0.3, -0.25) is 14.4 Å². The Balaban J connectivity index is 2.16. The maximum absolute atomic E-state index is 12.3. The number of carbonyl (C=O) groups excluding carboxylic acids is 2. The van der Waals surface area contributed by atoms with Gasteiger partial charge in [-0.25, -0.2) is 9.59 Å². The molecule has 0 saturated carbocycles. The van der Waals surface area contributed by atoms with E-state index in [4.69, 9.17) is 10.5 Å². The highest BCUT2D eigenvalue weighted by atomic mass is 16.6. The second-order valence-electron chi connectivity index (χ2n) is 8.53. The van der Waals surface area contributed by atoms with Crippen LogP contribution in [0.3, 0.4) is 0 Å². The number of alkyl carbamates (subject to hydrolysis) is 1. The largest absolute Gasteiger partial charge is 0.480 e. The fraction of sp³-hybridized carbons (Fsp3) is 0.409. The van der Waals surface area contributed by atoms with E-state index in [1.165, 1.54) is 0 Å². The molecule has 0 fully saturated rings. The van der Waals surface area contributed by atoms with E-state index in [-0.39, 0.29) is 17.9 Å². The standard InChI is InChI=1S/C22H28N4O7/c1-22(2,3)33-21(32)25-13(9-12-7-5-4-6-8-12)11-24-16-17(19(29)18(16)28)26-14(20(30)31)10-15(23)27/h4-8,13-14,24,26H,9-11H2,1-3H3,(H2,23,27)(H,25,32)(H,30,31)/t13-,14-/m0/s1. The average molecular weight is 460 g/mol. The molecule has 0 aliphatic heterocycles. The zero-order valence-electron chi connectivity index (χ0n) is 18.6. The second kappa shape index (κ2) is 10.6. The molecule has 0 aliphatic rings. The van der Waals surface area contributed by atoms with Crippen molar-refractivity contribution in [3.63, 3.8) is 0 Å². The Bertz CT molecular complexity index is 1070. The lowest BCUT2D eigenvalue weighted by Crippen LogP contribution is -2.46. The van der Waals surface area contributed by atoms with Crippen LogP contribution in [0.4, 0.5) is 16.2 Å². The van der Waals surface area contributed by atoms with Gasteiger partial charge in [-0.05, 0) is 32.8 Å². The number of amides is 2. The van der Waals surface area contributed by atoms with Gasteiger partial charge in [0, 0.05) is 6.54 Å². The molecule has 178 valence electrons. The van der Waals surface area contributed by atoms with Crippen LogP contribution in [0.2, 0.25) is 0 Å². The van der Waals surface area contributed by atoms with Crippen LogP contribution in [0.25, 0.3) is 0 Å². The molecule has 2 atom stereocenters. The van der Waals surface area contributed by atoms with Crippen molar-refractivity contribution >= 4 is 29.3 Å². The number of rotatable bonds is 11. The molecule has 6 N–H and O–H groups in total. The maximum atomic E-state index is 12.3. The van der Waals surface area contributed by atoms with Crippen molar-refractivity contribution in [2.45, 2.75) is 51.3 Å². The molecule has 33 heavy (non-hydrogen) atoms. The first-order valence-corrected chi connectivity index (χ1v) is 10.3. The van der Waals surface area contributed by atoms with E-state index in [1.54, 1.807) is 20.8 Å². The first-order chi connectivity index (χ1) is 15.4. The molecule has 2 amide bonds. The molecular formula is C22H28N4O7. The van der Waals surface area contributed by atoms with Gasteiger partial charge in [-0.2, -0.15) is 0 Å². The van der Waals surface area contributed by atoms with Crippen molar-refractivity contribution < 1.29 is 24.2 Å². The molecule has 0 radical (unpaired) electrons. The molecule has 0 aliphatic carbocycles. The van der Waals surface area contributed by atoms with Crippen molar-refractivity contribution in [2.75, 3.05) is 17.2 Å². The second-order valence-corrected chi connectivity index (χ2v) is 8.53. The van der Waals surface area contributed by atoms with Crippen LogP contribution in [0.5, 0.6) is 0 Å². The number of hydrogen-bond donors (Lipinski definition) is 5. The normalized spacial score (nSPS) is 13.1. The van der Waals surface area contributed by atoms with Crippen LogP contribution in [-0.4, -0.2) is 47.3 Å². The fourth-order valence-corrected chi connectivity index (χ4v) is 3.05. The van der Waals surface area contributed by atoms with E-state index in [0.717, 1.165) is 5.56 Å². The highest BCUT2D eigenvalue weighted by Gasteiger charge is 2.28. The predicted molar refractivity (Wildman–Crippen MR) is 122 cm³/mol. The van der Waals surface area contributed by atoms with E-state index in [1.807, 2.05) is 30.3 Å². The molecule has 0 saturated heterocycles. The molecule has 11 heteroatoms. The number of aliphatic carboxylic acids is 1. The summed E-state index contributed by atoms with van der Waals surface area (Å²) in [5.74, 6) is -2.28. The highest BCUT2D eigenvalue weighted by molar-refractivity contribution is 5.87. The summed E-state index contributed by atoms with van der Waals surface area (Å²) in [5, 5.41) is 17.2. The zero-order valence-corrected chi connectivity index (χ0v) is 18.6. The molecular weight excluding hydrogens is 432 g/mol. The Morgan fingerprint density at radius 2 is 1.67 bits per heavy atom. The number of benzene rings is 1. The van der Waals surface area contributed by atoms with E-state index < -0.39 is 52.9 Å². The minimum absolute atomic E-state index is 0.0429. The number of anilines is 2. The van der Waals surface area contributed by atoms with Gasteiger partial charge in [0.2, 0.25) is 5.91 Å². The van der Waals surface area contributed by atoms with Gasteiger partial charge in [-0.15, -0.1) is 0 Å². The predicted octanol–water partition coefficient (Wildman–Crippen LogP) is 0.571. The third kappa shape index (κ3) is 7.63. The zero-order chi connectivity index (χ0) is 24.8. The molecule has 0 unspecified atom stereocenters. The number of hydrogen-bond acceptors (Lipinski definition) is 8. The summed E-state index contributed by atoms with van der Waals surface area (Å²) in [6, 6.07) is 7.29. The number of nitrogens with one attached hydrogen (secondary N) is 3. The molecule has 0 spiro atoms. The summed E-state index contributed by atoms with van der Waals surface area (Å²) >= 11 is 0. The Morgan fingerprint density at radius 3 is 2.21 bits per heavy atom. The topological polar surface area (TPSA) is 177 Å². The molecule has 2 rings (SSSR count). The monoisotopic (exact) mass is 460 g/mol. The van der Waals surface area contributed by atoms with Gasteiger partial charge in [-0.1, -0.05) is 30.3 Å². The lowest BCUT2D eigenvalue weighted by atomic mass is 10.1. The number of nitrogens with two attached hydrogens (primary N) is 1. The highest BCUT2D eigenvalue weighted by Crippen LogP contribution is 2.17. The molecule has 11 nitrogen and oxygen atoms in total. The SMILES string of the molecule is CC(C)(C)OC(=O)N[C@H](CNc1c(N[C@@H](CC(N)=O)C(=O)O)c(=O)c1=O)Cc1ccccc1. The van der Waals surface area contributed by atoms with Crippen LogP contribution in [-0.2, 0) is 20.7 Å². The number of primary amides is 1. The van der Waals surface area contributed by atoms with E-state index in [9.17, 15) is 29.1 Å². The Morgan fingerprint density at radius 1 is 1.06 bits per heavy atom. The number of carbonyl (C=O) groups is 3. The summed E-state index contributed by atoms with van der Waals surface area (Å²) in [6.45, 7) is 5.22. The van der Waals surface area contributed by atoms with Gasteiger partial charge in [0.25, 0.3) is 10.9 Å². The van der Waals surface area contributed by atoms with Crippen molar-refractivity contribution in [1.82, 2.24) is 5.32 Å². The summed E-state index contributed by atoms with van der Waals surface area (Å²) < 4.78 is 5.30. The summed E-state index contributed by atoms with van der Waals surface area (Å²) in [7, 11) is 0. The van der Waals surface area contributed by atoms with Crippen LogP contribution < -0.4 is 32.5 Å². The van der Waals surface area contributed by atoms with Crippen molar-refractivity contribution in [3.05, 3.63) is 56.3 Å². The third-order valence-electron chi connectivity index (χ3n) is 4.50. The maximum Gasteiger partial charge on any atom is 0.407 e. The third-order valence-corrected chi connectivity index (χ3v) is 4.50. The van der Waals surface area contributed by atoms with Crippen molar-refractivity contribution in [3.8, 4) is 0 Å². The van der Waals surface area contributed by atoms with E-state index in [0.29, 0.717) is 6.42 Å². The molecule has 0 heterocycles. The number of carboxylic acids is 1. The minimum Gasteiger partial charge on any atom is -0.480 e. The van der Waals surface area contributed by atoms with Gasteiger partial charge >= 0.3 is 12.1 Å². The van der Waals surface area contributed by atoms with Crippen molar-refractivity contribution in [2.24, 2.45) is 5.73 Å². The molecule has 2 aromatic carbocycles. The molecule has 0 bridgehead atoms. The number of carboxylic acid groups (broad SMARTS) is 1. The molecule has 2 aromatic rings. The number of ether oxygens (including phenoxy) is 1. The van der Waals surface area contributed by atoms with Gasteiger partial charge in [0.05, 0.1) is 12.5 Å². The first-order valence-electron chi connectivity index (χ1n) is 10.3. The fourth-order valence-electron chi connectivity index (χ4n) is 3.05. The summed E-state index contributed by atoms with van der Waals surface area (Å²) in [6.07, 6.45) is -0.823. The van der Waals surface area contributed by atoms with Gasteiger partial charge < -0.3 is 31.5 Å². The van der Waals surface area contributed by atoms with Crippen molar-refractivity contribution in [1.29, 1.82) is 0 Å². The quantitative estimate of drug-likeness (QED) is 0.300. The van der Waals surface area contributed by atoms with E-state index >= 15 is 0 Å². The van der Waals surface area contributed by atoms with Gasteiger partial charge in [0.15, 0.2) is 0 Å². The molecule has 0 aromatic heterocycles. The van der Waals surface area contributed by atoms with E-state index in [2.05, 4.69) is 16.0 Å². The first kappa shape index (κ1) is 25.4. The summed E-state index contributed by atoms with van der Waals surface area (Å²) in [4.78, 5) is 58.8. The minimum atomic E-state index is -1.47.